The molecule has 0 saturated heterocycles. The number of hydrogen-bond acceptors (Lipinski definition) is 6. The predicted molar refractivity (Wildman–Crippen MR) is 78.5 cm³/mol. The first kappa shape index (κ1) is 16.6. The summed E-state index contributed by atoms with van der Waals surface area (Å²) >= 11 is 0. The molecule has 7 nitrogen and oxygen atoms in total. The van der Waals surface area contributed by atoms with Gasteiger partial charge in [0.05, 0.1) is 12.9 Å². The van der Waals surface area contributed by atoms with Crippen LogP contribution in [0.2, 0.25) is 0 Å². The van der Waals surface area contributed by atoms with Crippen LogP contribution in [0.5, 0.6) is 5.88 Å². The Balaban J connectivity index is 2.74. The Hall–Kier alpha value is -1.41. The molecular weight excluding hydrogens is 280 g/mol. The van der Waals surface area contributed by atoms with Crippen LogP contribution in [0.3, 0.4) is 0 Å². The van der Waals surface area contributed by atoms with Gasteiger partial charge in [-0.05, 0) is 27.7 Å². The van der Waals surface area contributed by atoms with E-state index in [0.717, 1.165) is 6.26 Å². The largest absolute Gasteiger partial charge is 0.478 e. The summed E-state index contributed by atoms with van der Waals surface area (Å²) in [5.41, 5.74) is -0.627. The number of nitrogens with one attached hydrogen (secondary N) is 2. The van der Waals surface area contributed by atoms with Crippen molar-refractivity contribution >= 4 is 15.8 Å². The van der Waals surface area contributed by atoms with E-state index in [-0.39, 0.29) is 0 Å². The molecule has 0 spiro atoms. The topological polar surface area (TPSA) is 93.2 Å². The van der Waals surface area contributed by atoms with Crippen LogP contribution in [0.25, 0.3) is 0 Å². The smallest absolute Gasteiger partial charge is 0.218 e. The molecule has 0 atom stereocenters. The maximum Gasteiger partial charge on any atom is 0.218 e. The number of aryl methyl sites for hydroxylation is 1. The Morgan fingerprint density at radius 2 is 2.00 bits per heavy atom. The number of anilines is 1. The molecule has 20 heavy (non-hydrogen) atoms. The fourth-order valence-electron chi connectivity index (χ4n) is 1.70. The SMILES string of the molecule is CCOc1cc(NCC(C)(C)NS(C)(=O)=O)nc(C)n1. The summed E-state index contributed by atoms with van der Waals surface area (Å²) in [5.74, 6) is 1.69. The molecule has 2 N–H and O–H groups in total. The van der Waals surface area contributed by atoms with Gasteiger partial charge in [0.2, 0.25) is 15.9 Å². The normalized spacial score (nSPS) is 12.2. The van der Waals surface area contributed by atoms with Gasteiger partial charge < -0.3 is 10.1 Å². The fraction of sp³-hybridized carbons (Fsp3) is 0.667. The van der Waals surface area contributed by atoms with E-state index < -0.39 is 15.6 Å². The summed E-state index contributed by atoms with van der Waals surface area (Å²) in [4.78, 5) is 8.38. The molecule has 0 aromatic carbocycles. The van der Waals surface area contributed by atoms with Gasteiger partial charge in [-0.3, -0.25) is 0 Å². The highest BCUT2D eigenvalue weighted by molar-refractivity contribution is 7.88. The third-order valence-electron chi connectivity index (χ3n) is 2.28. The highest BCUT2D eigenvalue weighted by Crippen LogP contribution is 2.14. The molecule has 0 aliphatic heterocycles. The monoisotopic (exact) mass is 302 g/mol. The Morgan fingerprint density at radius 3 is 2.55 bits per heavy atom. The minimum absolute atomic E-state index is 0.391. The van der Waals surface area contributed by atoms with Crippen molar-refractivity contribution in [1.82, 2.24) is 14.7 Å². The first-order chi connectivity index (χ1) is 9.11. The molecule has 1 aromatic rings. The zero-order valence-corrected chi connectivity index (χ0v) is 13.3. The van der Waals surface area contributed by atoms with Gasteiger partial charge >= 0.3 is 0 Å². The highest BCUT2D eigenvalue weighted by Gasteiger charge is 2.22. The van der Waals surface area contributed by atoms with Crippen LogP contribution in [-0.4, -0.2) is 43.3 Å². The quantitative estimate of drug-likeness (QED) is 0.778. The van der Waals surface area contributed by atoms with Gasteiger partial charge in [0.1, 0.15) is 11.6 Å². The molecule has 0 fully saturated rings. The molecule has 0 unspecified atom stereocenters. The van der Waals surface area contributed by atoms with E-state index in [4.69, 9.17) is 4.74 Å². The average Bonchev–Trinajstić information content (AvgIpc) is 2.23. The first-order valence-electron chi connectivity index (χ1n) is 6.32. The van der Waals surface area contributed by atoms with E-state index in [1.807, 2.05) is 6.92 Å². The lowest BCUT2D eigenvalue weighted by Crippen LogP contribution is -2.47. The highest BCUT2D eigenvalue weighted by atomic mass is 32.2. The molecule has 1 rings (SSSR count). The van der Waals surface area contributed by atoms with Crippen LogP contribution in [-0.2, 0) is 10.0 Å². The average molecular weight is 302 g/mol. The Morgan fingerprint density at radius 1 is 1.35 bits per heavy atom. The molecule has 0 aliphatic carbocycles. The van der Waals surface area contributed by atoms with Crippen LogP contribution in [0, 0.1) is 6.92 Å². The van der Waals surface area contributed by atoms with Crippen molar-refractivity contribution in [2.24, 2.45) is 0 Å². The maximum absolute atomic E-state index is 11.3. The fourth-order valence-corrected chi connectivity index (χ4v) is 2.78. The molecule has 0 bridgehead atoms. The number of aromatic nitrogens is 2. The number of nitrogens with zero attached hydrogens (tertiary/aromatic N) is 2. The number of rotatable bonds is 7. The Kier molecular flexibility index (Phi) is 5.29. The molecule has 1 heterocycles. The summed E-state index contributed by atoms with van der Waals surface area (Å²) in [6.45, 7) is 8.15. The molecule has 0 radical (unpaired) electrons. The molecule has 1 aromatic heterocycles. The van der Waals surface area contributed by atoms with Gasteiger partial charge in [-0.15, -0.1) is 0 Å². The maximum atomic E-state index is 11.3. The predicted octanol–water partition coefficient (Wildman–Crippen LogP) is 0.923. The molecule has 0 amide bonds. The second kappa shape index (κ2) is 6.36. The molecule has 8 heteroatoms. The Labute approximate surface area is 120 Å². The standard InChI is InChI=1S/C12H22N4O3S/c1-6-19-11-7-10(14-9(2)15-11)13-8-12(3,4)16-20(5,17)18/h7,16H,6,8H2,1-5H3,(H,13,14,15). The third-order valence-corrected chi connectivity index (χ3v) is 3.20. The minimum Gasteiger partial charge on any atom is -0.478 e. The van der Waals surface area contributed by atoms with Crippen LogP contribution in [0.15, 0.2) is 6.07 Å². The van der Waals surface area contributed by atoms with Crippen molar-refractivity contribution in [3.63, 3.8) is 0 Å². The van der Waals surface area contributed by atoms with E-state index in [1.54, 1.807) is 26.8 Å². The van der Waals surface area contributed by atoms with E-state index in [0.29, 0.717) is 30.7 Å². The second-order valence-corrected chi connectivity index (χ2v) is 6.93. The van der Waals surface area contributed by atoms with Gasteiger partial charge in [0, 0.05) is 18.2 Å². The molecule has 0 saturated carbocycles. The second-order valence-electron chi connectivity index (χ2n) is 5.18. The number of hydrogen-bond donors (Lipinski definition) is 2. The van der Waals surface area contributed by atoms with Crippen molar-refractivity contribution < 1.29 is 13.2 Å². The summed E-state index contributed by atoms with van der Waals surface area (Å²) in [5, 5.41) is 3.09. The van der Waals surface area contributed by atoms with Crippen molar-refractivity contribution in [3.05, 3.63) is 11.9 Å². The van der Waals surface area contributed by atoms with Crippen molar-refractivity contribution in [3.8, 4) is 5.88 Å². The van der Waals surface area contributed by atoms with Crippen molar-refractivity contribution in [2.45, 2.75) is 33.2 Å². The van der Waals surface area contributed by atoms with E-state index in [1.165, 1.54) is 0 Å². The van der Waals surface area contributed by atoms with Crippen LogP contribution in [0.4, 0.5) is 5.82 Å². The summed E-state index contributed by atoms with van der Waals surface area (Å²) < 4.78 is 30.4. The van der Waals surface area contributed by atoms with Gasteiger partial charge in [-0.1, -0.05) is 0 Å². The number of sulfonamides is 1. The number of ether oxygens (including phenoxy) is 1. The van der Waals surface area contributed by atoms with Crippen LogP contribution >= 0.6 is 0 Å². The molecular formula is C12H22N4O3S. The zero-order valence-electron chi connectivity index (χ0n) is 12.5. The molecule has 114 valence electrons. The lowest BCUT2D eigenvalue weighted by molar-refractivity contribution is 0.325. The van der Waals surface area contributed by atoms with Crippen LogP contribution in [0.1, 0.15) is 26.6 Å². The third kappa shape index (κ3) is 6.16. The lowest BCUT2D eigenvalue weighted by atomic mass is 10.1. The Bertz CT molecular complexity index is 558. The van der Waals surface area contributed by atoms with E-state index in [9.17, 15) is 8.42 Å². The van der Waals surface area contributed by atoms with Crippen molar-refractivity contribution in [1.29, 1.82) is 0 Å². The lowest BCUT2D eigenvalue weighted by Gasteiger charge is -2.25. The van der Waals surface area contributed by atoms with E-state index >= 15 is 0 Å². The van der Waals surface area contributed by atoms with Gasteiger partial charge in [0.15, 0.2) is 0 Å². The summed E-state index contributed by atoms with van der Waals surface area (Å²) in [6.07, 6.45) is 1.14. The van der Waals surface area contributed by atoms with Gasteiger partial charge in [0.25, 0.3) is 0 Å². The van der Waals surface area contributed by atoms with Crippen LogP contribution < -0.4 is 14.8 Å². The van der Waals surface area contributed by atoms with E-state index in [2.05, 4.69) is 20.0 Å². The van der Waals surface area contributed by atoms with Gasteiger partial charge in [-0.25, -0.2) is 18.1 Å². The van der Waals surface area contributed by atoms with Crippen molar-refractivity contribution in [2.75, 3.05) is 24.7 Å². The minimum atomic E-state index is -3.26. The van der Waals surface area contributed by atoms with Gasteiger partial charge in [-0.2, -0.15) is 4.98 Å². The first-order valence-corrected chi connectivity index (χ1v) is 8.22. The summed E-state index contributed by atoms with van der Waals surface area (Å²) in [7, 11) is -3.26. The summed E-state index contributed by atoms with van der Waals surface area (Å²) in [6, 6.07) is 1.69. The molecule has 0 aliphatic rings. The zero-order chi connectivity index (χ0) is 15.4.